The van der Waals surface area contributed by atoms with E-state index in [0.717, 1.165) is 6.07 Å². The molecule has 0 saturated carbocycles. The molecule has 1 rings (SSSR count). The fourth-order valence-corrected chi connectivity index (χ4v) is 1.31. The quantitative estimate of drug-likeness (QED) is 0.863. The molecule has 0 aliphatic rings. The number of benzene rings is 1. The van der Waals surface area contributed by atoms with Gasteiger partial charge in [-0.25, -0.2) is 8.78 Å². The molecule has 1 unspecified atom stereocenters. The summed E-state index contributed by atoms with van der Waals surface area (Å²) in [6, 6.07) is 1.64. The molecule has 0 heterocycles. The number of hydrogen-bond acceptors (Lipinski definition) is 2. The molecule has 0 amide bonds. The molecule has 3 nitrogen and oxygen atoms in total. The van der Waals surface area contributed by atoms with Gasteiger partial charge in [0.15, 0.2) is 5.82 Å². The first kappa shape index (κ1) is 12.7. The molecule has 0 bridgehead atoms. The molecule has 0 fully saturated rings. The summed E-state index contributed by atoms with van der Waals surface area (Å²) in [4.78, 5) is 10.5. The van der Waals surface area contributed by atoms with Crippen LogP contribution in [0, 0.1) is 17.6 Å². The van der Waals surface area contributed by atoms with E-state index in [1.54, 1.807) is 0 Å². The highest BCUT2D eigenvalue weighted by Gasteiger charge is 2.14. The van der Waals surface area contributed by atoms with Crippen LogP contribution in [0.3, 0.4) is 0 Å². The number of carboxylic acid groups (broad SMARTS) is 1. The Bertz CT molecular complexity index is 389. The summed E-state index contributed by atoms with van der Waals surface area (Å²) >= 11 is 5.61. The smallest absolute Gasteiger partial charge is 0.308 e. The fraction of sp³-hybridized carbons (Fsp3) is 0.300. The van der Waals surface area contributed by atoms with Crippen molar-refractivity contribution in [3.63, 3.8) is 0 Å². The van der Waals surface area contributed by atoms with Crippen LogP contribution in [0.15, 0.2) is 12.1 Å². The van der Waals surface area contributed by atoms with Crippen LogP contribution in [-0.2, 0) is 4.79 Å². The van der Waals surface area contributed by atoms with Crippen molar-refractivity contribution in [1.82, 2.24) is 0 Å². The van der Waals surface area contributed by atoms with Crippen molar-refractivity contribution in [2.45, 2.75) is 6.92 Å². The zero-order valence-electron chi connectivity index (χ0n) is 8.43. The molecule has 88 valence electrons. The molecule has 1 aromatic rings. The van der Waals surface area contributed by atoms with Gasteiger partial charge in [-0.2, -0.15) is 0 Å². The van der Waals surface area contributed by atoms with E-state index >= 15 is 0 Å². The number of halogens is 3. The first-order valence-corrected chi connectivity index (χ1v) is 4.91. The molecule has 0 aromatic heterocycles. The van der Waals surface area contributed by atoms with Crippen LogP contribution in [0.5, 0.6) is 0 Å². The minimum absolute atomic E-state index is 0.0115. The number of hydrogen-bond donors (Lipinski definition) is 2. The lowest BCUT2D eigenvalue weighted by Crippen LogP contribution is -2.20. The maximum absolute atomic E-state index is 13.2. The molecule has 0 aliphatic heterocycles. The summed E-state index contributed by atoms with van der Waals surface area (Å²) in [5.74, 6) is -3.33. The van der Waals surface area contributed by atoms with E-state index in [1.807, 2.05) is 0 Å². The Kier molecular flexibility index (Phi) is 4.06. The third-order valence-corrected chi connectivity index (χ3v) is 2.31. The standard InChI is InChI=1S/C10H10ClF2NO2/c1-5(10(15)16)4-14-9-7(11)2-6(12)3-8(9)13/h2-3,5,14H,4H2,1H3,(H,15,16). The monoisotopic (exact) mass is 249 g/mol. The van der Waals surface area contributed by atoms with Gasteiger partial charge in [-0.3, -0.25) is 4.79 Å². The average Bonchev–Trinajstić information content (AvgIpc) is 2.15. The molecule has 2 N–H and O–H groups in total. The van der Waals surface area contributed by atoms with Gasteiger partial charge >= 0.3 is 5.97 Å². The molecule has 1 aromatic carbocycles. The molecule has 16 heavy (non-hydrogen) atoms. The predicted molar refractivity (Wildman–Crippen MR) is 56.7 cm³/mol. The molecule has 0 radical (unpaired) electrons. The van der Waals surface area contributed by atoms with Gasteiger partial charge in [0.25, 0.3) is 0 Å². The summed E-state index contributed by atoms with van der Waals surface area (Å²) in [5.41, 5.74) is -0.0869. The summed E-state index contributed by atoms with van der Waals surface area (Å²) in [6.07, 6.45) is 0. The highest BCUT2D eigenvalue weighted by atomic mass is 35.5. The van der Waals surface area contributed by atoms with Crippen LogP contribution in [0.1, 0.15) is 6.92 Å². The molecule has 6 heteroatoms. The Balaban J connectivity index is 2.78. The Labute approximate surface area is 96.0 Å². The van der Waals surface area contributed by atoms with Crippen LogP contribution >= 0.6 is 11.6 Å². The van der Waals surface area contributed by atoms with Crippen LogP contribution in [0.4, 0.5) is 14.5 Å². The Morgan fingerprint density at radius 1 is 1.56 bits per heavy atom. The summed E-state index contributed by atoms with van der Waals surface area (Å²) in [6.45, 7) is 1.47. The highest BCUT2D eigenvalue weighted by Crippen LogP contribution is 2.26. The summed E-state index contributed by atoms with van der Waals surface area (Å²) < 4.78 is 25.9. The topological polar surface area (TPSA) is 49.3 Å². The predicted octanol–water partition coefficient (Wildman–Crippen LogP) is 2.75. The molecule has 0 saturated heterocycles. The third-order valence-electron chi connectivity index (χ3n) is 2.01. The van der Waals surface area contributed by atoms with E-state index in [0.29, 0.717) is 6.07 Å². The zero-order valence-corrected chi connectivity index (χ0v) is 9.18. The van der Waals surface area contributed by atoms with Crippen molar-refractivity contribution in [2.24, 2.45) is 5.92 Å². The van der Waals surface area contributed by atoms with Crippen molar-refractivity contribution in [2.75, 3.05) is 11.9 Å². The second kappa shape index (κ2) is 5.12. The van der Waals surface area contributed by atoms with Crippen molar-refractivity contribution >= 4 is 23.3 Å². The minimum atomic E-state index is -1.01. The van der Waals surface area contributed by atoms with Gasteiger partial charge in [0.2, 0.25) is 0 Å². The normalized spacial score (nSPS) is 12.2. The van der Waals surface area contributed by atoms with E-state index < -0.39 is 23.5 Å². The van der Waals surface area contributed by atoms with E-state index in [9.17, 15) is 13.6 Å². The van der Waals surface area contributed by atoms with Crippen molar-refractivity contribution < 1.29 is 18.7 Å². The van der Waals surface area contributed by atoms with Gasteiger partial charge in [-0.15, -0.1) is 0 Å². The zero-order chi connectivity index (χ0) is 12.3. The van der Waals surface area contributed by atoms with E-state index in [2.05, 4.69) is 5.32 Å². The van der Waals surface area contributed by atoms with Crippen LogP contribution in [0.25, 0.3) is 0 Å². The SMILES string of the molecule is CC(CNc1c(F)cc(F)cc1Cl)C(=O)O. The Morgan fingerprint density at radius 2 is 2.19 bits per heavy atom. The van der Waals surface area contributed by atoms with Crippen molar-refractivity contribution in [3.05, 3.63) is 28.8 Å². The Hall–Kier alpha value is -1.36. The van der Waals surface area contributed by atoms with Crippen molar-refractivity contribution in [1.29, 1.82) is 0 Å². The molecular weight excluding hydrogens is 240 g/mol. The highest BCUT2D eigenvalue weighted by molar-refractivity contribution is 6.33. The fourth-order valence-electron chi connectivity index (χ4n) is 1.05. The lowest BCUT2D eigenvalue weighted by atomic mass is 10.2. The minimum Gasteiger partial charge on any atom is -0.481 e. The number of anilines is 1. The molecule has 0 spiro atoms. The summed E-state index contributed by atoms with van der Waals surface area (Å²) in [5, 5.41) is 11.0. The second-order valence-electron chi connectivity index (χ2n) is 3.36. The van der Waals surface area contributed by atoms with E-state index in [-0.39, 0.29) is 17.3 Å². The van der Waals surface area contributed by atoms with Gasteiger partial charge in [0, 0.05) is 12.6 Å². The van der Waals surface area contributed by atoms with Crippen molar-refractivity contribution in [3.8, 4) is 0 Å². The first-order chi connectivity index (χ1) is 7.41. The van der Waals surface area contributed by atoms with Crippen LogP contribution in [0.2, 0.25) is 5.02 Å². The number of aliphatic carboxylic acids is 1. The van der Waals surface area contributed by atoms with E-state index in [4.69, 9.17) is 16.7 Å². The van der Waals surface area contributed by atoms with E-state index in [1.165, 1.54) is 6.92 Å². The number of rotatable bonds is 4. The molecular formula is C10H10ClF2NO2. The first-order valence-electron chi connectivity index (χ1n) is 4.53. The van der Waals surface area contributed by atoms with Gasteiger partial charge in [0.05, 0.1) is 16.6 Å². The summed E-state index contributed by atoms with van der Waals surface area (Å²) in [7, 11) is 0. The molecule has 1 atom stereocenters. The maximum Gasteiger partial charge on any atom is 0.308 e. The molecule has 0 aliphatic carbocycles. The maximum atomic E-state index is 13.2. The second-order valence-corrected chi connectivity index (χ2v) is 3.77. The van der Waals surface area contributed by atoms with Gasteiger partial charge in [0.1, 0.15) is 5.82 Å². The number of carbonyl (C=O) groups is 1. The number of carboxylic acids is 1. The largest absolute Gasteiger partial charge is 0.481 e. The average molecular weight is 250 g/mol. The van der Waals surface area contributed by atoms with Gasteiger partial charge < -0.3 is 10.4 Å². The lowest BCUT2D eigenvalue weighted by molar-refractivity contribution is -0.140. The van der Waals surface area contributed by atoms with Gasteiger partial charge in [-0.05, 0) is 6.07 Å². The number of nitrogens with one attached hydrogen (secondary N) is 1. The lowest BCUT2D eigenvalue weighted by Gasteiger charge is -2.11. The van der Waals surface area contributed by atoms with Gasteiger partial charge in [-0.1, -0.05) is 18.5 Å². The Morgan fingerprint density at radius 3 is 2.69 bits per heavy atom. The van der Waals surface area contributed by atoms with Crippen LogP contribution < -0.4 is 5.32 Å². The third kappa shape index (κ3) is 3.06. The van der Waals surface area contributed by atoms with Crippen LogP contribution in [-0.4, -0.2) is 17.6 Å².